The molecule has 4 rings (SSSR count). The second-order valence-electron chi connectivity index (χ2n) is 8.63. The van der Waals surface area contributed by atoms with E-state index in [0.29, 0.717) is 58.4 Å². The van der Waals surface area contributed by atoms with Crippen LogP contribution in [0.15, 0.2) is 54.9 Å². The summed E-state index contributed by atoms with van der Waals surface area (Å²) in [5.74, 6) is 1.66. The summed E-state index contributed by atoms with van der Waals surface area (Å²) >= 11 is 0. The topological polar surface area (TPSA) is 109 Å². The smallest absolute Gasteiger partial charge is 0.186 e. The fourth-order valence-electron chi connectivity index (χ4n) is 4.08. The maximum Gasteiger partial charge on any atom is 0.186 e. The number of ether oxygens (including phenoxy) is 4. The van der Waals surface area contributed by atoms with Gasteiger partial charge in [0.1, 0.15) is 24.5 Å². The van der Waals surface area contributed by atoms with E-state index in [1.54, 1.807) is 32.4 Å². The van der Waals surface area contributed by atoms with Gasteiger partial charge >= 0.3 is 0 Å². The molecular formula is C29H31N3O6. The van der Waals surface area contributed by atoms with Crippen LogP contribution in [0.25, 0.3) is 16.5 Å². The van der Waals surface area contributed by atoms with Gasteiger partial charge in [-0.3, -0.25) is 9.59 Å². The summed E-state index contributed by atoms with van der Waals surface area (Å²) in [4.78, 5) is 33.7. The highest BCUT2D eigenvalue weighted by molar-refractivity contribution is 6.34. The summed E-state index contributed by atoms with van der Waals surface area (Å²) in [5, 5.41) is 4.04. The predicted octanol–water partition coefficient (Wildman–Crippen LogP) is 5.07. The van der Waals surface area contributed by atoms with E-state index < -0.39 is 0 Å². The number of ketones is 2. The highest BCUT2D eigenvalue weighted by Crippen LogP contribution is 2.37. The number of nitrogens with zero attached hydrogens (tertiary/aromatic N) is 2. The molecule has 198 valence electrons. The van der Waals surface area contributed by atoms with Gasteiger partial charge in [0.15, 0.2) is 23.1 Å². The highest BCUT2D eigenvalue weighted by Gasteiger charge is 2.21. The van der Waals surface area contributed by atoms with Gasteiger partial charge in [0.05, 0.1) is 25.3 Å². The first kappa shape index (κ1) is 26.8. The molecule has 0 unspecified atom stereocenters. The van der Waals surface area contributed by atoms with Crippen molar-refractivity contribution in [1.29, 1.82) is 0 Å². The zero-order chi connectivity index (χ0) is 27.1. The Kier molecular flexibility index (Phi) is 8.70. The number of hydrogen-bond donors (Lipinski definition) is 1. The number of aromatic nitrogens is 2. The molecule has 0 bridgehead atoms. The lowest BCUT2D eigenvalue weighted by atomic mass is 9.95. The molecule has 0 saturated heterocycles. The van der Waals surface area contributed by atoms with Crippen LogP contribution in [-0.2, 0) is 14.3 Å². The lowest BCUT2D eigenvalue weighted by Gasteiger charge is -2.21. The molecular weight excluding hydrogens is 486 g/mol. The minimum atomic E-state index is -0.255. The minimum absolute atomic E-state index is 0.0170. The van der Waals surface area contributed by atoms with E-state index in [2.05, 4.69) is 15.3 Å². The number of benzene rings is 2. The molecule has 0 spiro atoms. The van der Waals surface area contributed by atoms with E-state index >= 15 is 0 Å². The molecule has 1 aliphatic carbocycles. The fraction of sp³-hybridized carbons (Fsp3) is 0.310. The Hall–Kier alpha value is -4.24. The second-order valence-corrected chi connectivity index (χ2v) is 8.63. The first-order valence-electron chi connectivity index (χ1n) is 12.5. The Labute approximate surface area is 221 Å². The standard InChI is InChI=1S/C29H31N3O6/c1-5-20(6-2)38-26-10-7-18(13-22(26)21-14-19(33)8-9-25(21)34)32-29-23-15-27(36-4)28(37-12-11-35-3)16-24(23)30-17-31-29/h7-10,13-17,20H,5-6,11-12H2,1-4H3,(H,30,31,32). The van der Waals surface area contributed by atoms with Crippen LogP contribution >= 0.6 is 0 Å². The van der Waals surface area contributed by atoms with Crippen molar-refractivity contribution >= 4 is 39.5 Å². The van der Waals surface area contributed by atoms with Crippen LogP contribution in [0, 0.1) is 0 Å². The summed E-state index contributed by atoms with van der Waals surface area (Å²) in [5.41, 5.74) is 2.14. The number of hydrogen-bond acceptors (Lipinski definition) is 9. The molecule has 0 amide bonds. The monoisotopic (exact) mass is 517 g/mol. The lowest BCUT2D eigenvalue weighted by Crippen LogP contribution is -2.16. The molecule has 0 saturated carbocycles. The summed E-state index contributed by atoms with van der Waals surface area (Å²) in [7, 11) is 3.17. The van der Waals surface area contributed by atoms with Gasteiger partial charge < -0.3 is 24.3 Å². The van der Waals surface area contributed by atoms with Crippen molar-refractivity contribution in [3.63, 3.8) is 0 Å². The Morgan fingerprint density at radius 2 is 1.74 bits per heavy atom. The Morgan fingerprint density at radius 1 is 0.921 bits per heavy atom. The van der Waals surface area contributed by atoms with Crippen molar-refractivity contribution < 1.29 is 28.5 Å². The summed E-state index contributed by atoms with van der Waals surface area (Å²) in [6, 6.07) is 9.04. The number of fused-ring (bicyclic) bond motifs is 1. The SMILES string of the molecule is CCC(CC)Oc1ccc(Nc2ncnc3cc(OCCOC)c(OC)cc23)cc1C1=CC(=O)C=CC1=O. The van der Waals surface area contributed by atoms with Crippen LogP contribution in [0.2, 0.25) is 0 Å². The van der Waals surface area contributed by atoms with Crippen molar-refractivity contribution in [1.82, 2.24) is 9.97 Å². The van der Waals surface area contributed by atoms with Crippen molar-refractivity contribution in [2.75, 3.05) is 32.8 Å². The Bertz CT molecular complexity index is 1390. The molecule has 0 radical (unpaired) electrons. The van der Waals surface area contributed by atoms with Gasteiger partial charge in [0, 0.05) is 35.4 Å². The van der Waals surface area contributed by atoms with E-state index in [4.69, 9.17) is 18.9 Å². The van der Waals surface area contributed by atoms with Crippen molar-refractivity contribution in [2.45, 2.75) is 32.8 Å². The molecule has 0 aliphatic heterocycles. The molecule has 9 nitrogen and oxygen atoms in total. The van der Waals surface area contributed by atoms with Crippen LogP contribution in [0.1, 0.15) is 32.3 Å². The summed E-state index contributed by atoms with van der Waals surface area (Å²) in [6.45, 7) is 4.90. The molecule has 2 aromatic carbocycles. The molecule has 1 aromatic heterocycles. The first-order valence-corrected chi connectivity index (χ1v) is 12.5. The van der Waals surface area contributed by atoms with Crippen molar-refractivity contribution in [2.24, 2.45) is 0 Å². The number of anilines is 2. The van der Waals surface area contributed by atoms with Crippen LogP contribution in [0.4, 0.5) is 11.5 Å². The molecule has 9 heteroatoms. The van der Waals surface area contributed by atoms with Gasteiger partial charge in [-0.25, -0.2) is 9.97 Å². The van der Waals surface area contributed by atoms with Crippen molar-refractivity contribution in [3.8, 4) is 17.2 Å². The molecule has 38 heavy (non-hydrogen) atoms. The maximum atomic E-state index is 12.7. The zero-order valence-electron chi connectivity index (χ0n) is 21.9. The van der Waals surface area contributed by atoms with E-state index in [-0.39, 0.29) is 23.2 Å². The number of nitrogens with one attached hydrogen (secondary N) is 1. The Morgan fingerprint density at radius 3 is 2.47 bits per heavy atom. The average molecular weight is 518 g/mol. The maximum absolute atomic E-state index is 12.7. The van der Waals surface area contributed by atoms with Gasteiger partial charge in [-0.05, 0) is 55.3 Å². The van der Waals surface area contributed by atoms with Gasteiger partial charge in [-0.15, -0.1) is 0 Å². The molecule has 1 aliphatic rings. The number of rotatable bonds is 12. The molecule has 1 heterocycles. The van der Waals surface area contributed by atoms with E-state index in [1.807, 2.05) is 26.0 Å². The normalized spacial score (nSPS) is 13.1. The summed E-state index contributed by atoms with van der Waals surface area (Å²) in [6.07, 6.45) is 6.96. The molecule has 0 atom stereocenters. The number of carbonyl (C=O) groups excluding carboxylic acids is 2. The fourth-order valence-corrected chi connectivity index (χ4v) is 4.08. The number of carbonyl (C=O) groups is 2. The van der Waals surface area contributed by atoms with Crippen LogP contribution in [0.5, 0.6) is 17.2 Å². The second kappa shape index (κ2) is 12.3. The first-order chi connectivity index (χ1) is 18.5. The van der Waals surface area contributed by atoms with Gasteiger partial charge in [0.2, 0.25) is 0 Å². The minimum Gasteiger partial charge on any atom is -0.493 e. The average Bonchev–Trinajstić information content (AvgIpc) is 2.93. The lowest BCUT2D eigenvalue weighted by molar-refractivity contribution is -0.113. The number of methoxy groups -OCH3 is 2. The predicted molar refractivity (Wildman–Crippen MR) is 145 cm³/mol. The molecule has 3 aromatic rings. The van der Waals surface area contributed by atoms with Gasteiger partial charge in [0.25, 0.3) is 0 Å². The third kappa shape index (κ3) is 6.00. The van der Waals surface area contributed by atoms with Crippen LogP contribution in [0.3, 0.4) is 0 Å². The van der Waals surface area contributed by atoms with E-state index in [0.717, 1.165) is 12.8 Å². The highest BCUT2D eigenvalue weighted by atomic mass is 16.5. The third-order valence-corrected chi connectivity index (χ3v) is 6.15. The molecule has 0 fully saturated rings. The molecule has 1 N–H and O–H groups in total. The largest absolute Gasteiger partial charge is 0.493 e. The zero-order valence-corrected chi connectivity index (χ0v) is 21.9. The van der Waals surface area contributed by atoms with Gasteiger partial charge in [-0.1, -0.05) is 13.8 Å². The third-order valence-electron chi connectivity index (χ3n) is 6.15. The van der Waals surface area contributed by atoms with E-state index in [9.17, 15) is 9.59 Å². The Balaban J connectivity index is 1.73. The summed E-state index contributed by atoms with van der Waals surface area (Å²) < 4.78 is 22.6. The van der Waals surface area contributed by atoms with E-state index in [1.165, 1.54) is 24.6 Å². The van der Waals surface area contributed by atoms with Crippen LogP contribution < -0.4 is 19.5 Å². The number of allylic oxidation sites excluding steroid dienone is 4. The van der Waals surface area contributed by atoms with Crippen molar-refractivity contribution in [3.05, 3.63) is 60.5 Å². The quantitative estimate of drug-likeness (QED) is 0.260. The van der Waals surface area contributed by atoms with Gasteiger partial charge in [-0.2, -0.15) is 0 Å². The van der Waals surface area contributed by atoms with Crippen LogP contribution in [-0.4, -0.2) is 55.1 Å².